The van der Waals surface area contributed by atoms with Crippen LogP contribution in [0.15, 0.2) is 5.10 Å². The van der Waals surface area contributed by atoms with Gasteiger partial charge in [0.05, 0.1) is 6.61 Å². The molecule has 0 saturated carbocycles. The van der Waals surface area contributed by atoms with Crippen molar-refractivity contribution in [2.75, 3.05) is 26.8 Å². The third-order valence-electron chi connectivity index (χ3n) is 2.27. The van der Waals surface area contributed by atoms with E-state index in [1.165, 1.54) is 0 Å². The maximum atomic E-state index is 11.8. The molecular formula is C10H17N3O3. The number of rotatable bonds is 5. The van der Waals surface area contributed by atoms with Crippen LogP contribution in [0.2, 0.25) is 0 Å². The zero-order valence-corrected chi connectivity index (χ0v) is 9.65. The monoisotopic (exact) mass is 227 g/mol. The summed E-state index contributed by atoms with van der Waals surface area (Å²) in [6.45, 7) is 3.58. The fourth-order valence-corrected chi connectivity index (χ4v) is 1.30. The van der Waals surface area contributed by atoms with Crippen molar-refractivity contribution < 1.29 is 14.3 Å². The van der Waals surface area contributed by atoms with Crippen LogP contribution in [-0.4, -0.2) is 49.2 Å². The van der Waals surface area contributed by atoms with Gasteiger partial charge in [0, 0.05) is 33.0 Å². The van der Waals surface area contributed by atoms with Crippen LogP contribution < -0.4 is 5.43 Å². The summed E-state index contributed by atoms with van der Waals surface area (Å²) < 4.78 is 5.16. The zero-order chi connectivity index (χ0) is 12.0. The maximum Gasteiger partial charge on any atom is 0.269 e. The summed E-state index contributed by atoms with van der Waals surface area (Å²) >= 11 is 0. The van der Waals surface area contributed by atoms with Crippen LogP contribution in [0.1, 0.15) is 19.8 Å². The molecule has 0 unspecified atom stereocenters. The van der Waals surface area contributed by atoms with E-state index in [9.17, 15) is 9.59 Å². The molecule has 0 aromatic carbocycles. The first-order valence-electron chi connectivity index (χ1n) is 5.33. The van der Waals surface area contributed by atoms with E-state index in [0.29, 0.717) is 38.3 Å². The lowest BCUT2D eigenvalue weighted by Gasteiger charge is -2.19. The van der Waals surface area contributed by atoms with Crippen LogP contribution in [0.25, 0.3) is 0 Å². The van der Waals surface area contributed by atoms with Crippen molar-refractivity contribution >= 4 is 17.5 Å². The second-order valence-corrected chi connectivity index (χ2v) is 3.52. The van der Waals surface area contributed by atoms with E-state index in [2.05, 4.69) is 10.5 Å². The van der Waals surface area contributed by atoms with Gasteiger partial charge in [0.2, 0.25) is 5.91 Å². The van der Waals surface area contributed by atoms with Crippen molar-refractivity contribution in [3.8, 4) is 0 Å². The van der Waals surface area contributed by atoms with E-state index in [1.54, 1.807) is 11.9 Å². The highest BCUT2D eigenvalue weighted by atomic mass is 16.5. The number of likely N-dealkylation sites (N-methyl/N-ethyl adjacent to an activating group) is 1. The molecule has 0 aromatic heterocycles. The first kappa shape index (κ1) is 12.6. The number of hydrogen-bond donors (Lipinski definition) is 1. The SMILES string of the molecule is CCOCCN(C)C(=O)C1=NNC(=O)CC1. The van der Waals surface area contributed by atoms with Gasteiger partial charge in [-0.2, -0.15) is 5.10 Å². The highest BCUT2D eigenvalue weighted by molar-refractivity contribution is 6.39. The lowest BCUT2D eigenvalue weighted by Crippen LogP contribution is -2.39. The topological polar surface area (TPSA) is 71.0 Å². The molecule has 0 aliphatic carbocycles. The molecule has 1 aliphatic heterocycles. The molecule has 0 saturated heterocycles. The standard InChI is InChI=1S/C10H17N3O3/c1-3-16-7-6-13(2)10(15)8-4-5-9(14)12-11-8/h3-7H2,1-2H3,(H,12,14). The minimum absolute atomic E-state index is 0.145. The van der Waals surface area contributed by atoms with Gasteiger partial charge in [0.1, 0.15) is 5.71 Å². The Morgan fingerprint density at radius 3 is 2.88 bits per heavy atom. The third kappa shape index (κ3) is 3.62. The molecular weight excluding hydrogens is 210 g/mol. The van der Waals surface area contributed by atoms with E-state index in [0.717, 1.165) is 0 Å². The largest absolute Gasteiger partial charge is 0.380 e. The lowest BCUT2D eigenvalue weighted by atomic mass is 10.1. The van der Waals surface area contributed by atoms with Crippen molar-refractivity contribution in [2.45, 2.75) is 19.8 Å². The molecule has 2 amide bonds. The van der Waals surface area contributed by atoms with Gasteiger partial charge in [-0.05, 0) is 6.92 Å². The average Bonchev–Trinajstić information content (AvgIpc) is 2.29. The van der Waals surface area contributed by atoms with Gasteiger partial charge in [-0.3, -0.25) is 9.59 Å². The van der Waals surface area contributed by atoms with Crippen molar-refractivity contribution in [3.05, 3.63) is 0 Å². The maximum absolute atomic E-state index is 11.8. The smallest absolute Gasteiger partial charge is 0.269 e. The number of carbonyl (C=O) groups excluding carboxylic acids is 2. The molecule has 0 spiro atoms. The molecule has 0 aromatic rings. The summed E-state index contributed by atoms with van der Waals surface area (Å²) in [6.07, 6.45) is 0.730. The first-order valence-corrected chi connectivity index (χ1v) is 5.33. The Hall–Kier alpha value is -1.43. The normalized spacial score (nSPS) is 15.4. The number of nitrogens with one attached hydrogen (secondary N) is 1. The van der Waals surface area contributed by atoms with E-state index in [1.807, 2.05) is 6.92 Å². The number of carbonyl (C=O) groups is 2. The van der Waals surface area contributed by atoms with Crippen molar-refractivity contribution in [1.29, 1.82) is 0 Å². The molecule has 0 bridgehead atoms. The van der Waals surface area contributed by atoms with Crippen molar-refractivity contribution in [1.82, 2.24) is 10.3 Å². The van der Waals surface area contributed by atoms with Gasteiger partial charge >= 0.3 is 0 Å². The predicted molar refractivity (Wildman–Crippen MR) is 58.9 cm³/mol. The van der Waals surface area contributed by atoms with Crippen LogP contribution in [-0.2, 0) is 14.3 Å². The fraction of sp³-hybridized carbons (Fsp3) is 0.700. The summed E-state index contributed by atoms with van der Waals surface area (Å²) in [5.74, 6) is -0.298. The molecule has 90 valence electrons. The van der Waals surface area contributed by atoms with E-state index < -0.39 is 0 Å². The van der Waals surface area contributed by atoms with Gasteiger partial charge in [0.25, 0.3) is 5.91 Å². The van der Waals surface area contributed by atoms with E-state index in [-0.39, 0.29) is 11.8 Å². The van der Waals surface area contributed by atoms with Gasteiger partial charge in [0.15, 0.2) is 0 Å². The average molecular weight is 227 g/mol. The van der Waals surface area contributed by atoms with Crippen LogP contribution in [0, 0.1) is 0 Å². The van der Waals surface area contributed by atoms with Crippen LogP contribution in [0.3, 0.4) is 0 Å². The van der Waals surface area contributed by atoms with E-state index >= 15 is 0 Å². The first-order chi connectivity index (χ1) is 7.65. The molecule has 0 fully saturated rings. The third-order valence-corrected chi connectivity index (χ3v) is 2.27. The molecule has 1 heterocycles. The van der Waals surface area contributed by atoms with Crippen LogP contribution >= 0.6 is 0 Å². The Morgan fingerprint density at radius 2 is 2.31 bits per heavy atom. The Morgan fingerprint density at radius 1 is 1.56 bits per heavy atom. The molecule has 0 radical (unpaired) electrons. The highest BCUT2D eigenvalue weighted by Gasteiger charge is 2.20. The van der Waals surface area contributed by atoms with Crippen LogP contribution in [0.4, 0.5) is 0 Å². The molecule has 1 N–H and O–H groups in total. The summed E-state index contributed by atoms with van der Waals surface area (Å²) in [6, 6.07) is 0. The number of ether oxygens (including phenoxy) is 1. The second-order valence-electron chi connectivity index (χ2n) is 3.52. The summed E-state index contributed by atoms with van der Waals surface area (Å²) in [4.78, 5) is 24.2. The molecule has 1 rings (SSSR count). The predicted octanol–water partition coefficient (Wildman–Crippen LogP) is -0.253. The van der Waals surface area contributed by atoms with Gasteiger partial charge in [-0.15, -0.1) is 0 Å². The van der Waals surface area contributed by atoms with Crippen LogP contribution in [0.5, 0.6) is 0 Å². The Bertz CT molecular complexity index is 302. The fourth-order valence-electron chi connectivity index (χ4n) is 1.30. The minimum atomic E-state index is -0.153. The summed E-state index contributed by atoms with van der Waals surface area (Å²) in [5, 5.41) is 3.74. The van der Waals surface area contributed by atoms with Gasteiger partial charge in [-0.25, -0.2) is 5.43 Å². The lowest BCUT2D eigenvalue weighted by molar-refractivity contribution is -0.124. The molecule has 6 heteroatoms. The molecule has 6 nitrogen and oxygen atoms in total. The number of amides is 2. The zero-order valence-electron chi connectivity index (χ0n) is 9.65. The quantitative estimate of drug-likeness (QED) is 0.658. The van der Waals surface area contributed by atoms with Gasteiger partial charge < -0.3 is 9.64 Å². The number of hydrogen-bond acceptors (Lipinski definition) is 4. The molecule has 16 heavy (non-hydrogen) atoms. The number of nitrogens with zero attached hydrogens (tertiary/aromatic N) is 2. The molecule has 1 aliphatic rings. The Kier molecular flexibility index (Phi) is 4.91. The Balaban J connectivity index is 2.41. The minimum Gasteiger partial charge on any atom is -0.380 e. The van der Waals surface area contributed by atoms with E-state index in [4.69, 9.17) is 4.74 Å². The summed E-state index contributed by atoms with van der Waals surface area (Å²) in [5.41, 5.74) is 2.71. The summed E-state index contributed by atoms with van der Waals surface area (Å²) in [7, 11) is 1.69. The highest BCUT2D eigenvalue weighted by Crippen LogP contribution is 2.02. The Labute approximate surface area is 94.6 Å². The van der Waals surface area contributed by atoms with Gasteiger partial charge in [-0.1, -0.05) is 0 Å². The second kappa shape index (κ2) is 6.22. The number of hydrazone groups is 1. The molecule has 0 atom stereocenters. The van der Waals surface area contributed by atoms with Crippen molar-refractivity contribution in [3.63, 3.8) is 0 Å². The van der Waals surface area contributed by atoms with Crippen molar-refractivity contribution in [2.24, 2.45) is 5.10 Å².